The molecule has 0 unspecified atom stereocenters. The van der Waals surface area contributed by atoms with Crippen LogP contribution in [0, 0.1) is 5.41 Å². The number of imide groups is 1. The van der Waals surface area contributed by atoms with Gasteiger partial charge in [0.05, 0.1) is 11.7 Å². The first kappa shape index (κ1) is 10.9. The number of nitrogens with one attached hydrogen (secondary N) is 1. The summed E-state index contributed by atoms with van der Waals surface area (Å²) in [5.41, 5.74) is 0.399. The summed E-state index contributed by atoms with van der Waals surface area (Å²) in [4.78, 5) is 31.7. The second-order valence-corrected chi connectivity index (χ2v) is 4.74. The van der Waals surface area contributed by atoms with E-state index < -0.39 is 5.41 Å². The number of hydrogen-bond acceptors (Lipinski definition) is 3. The van der Waals surface area contributed by atoms with Crippen LogP contribution < -0.4 is 0 Å². The van der Waals surface area contributed by atoms with Gasteiger partial charge in [0.15, 0.2) is 0 Å². The number of likely N-dealkylation sites (tertiary alicyclic amines) is 1. The van der Waals surface area contributed by atoms with Gasteiger partial charge in [-0.05, 0) is 0 Å². The Bertz CT molecular complexity index is 409. The molecule has 1 aliphatic heterocycles. The lowest BCUT2D eigenvalue weighted by Crippen LogP contribution is -2.34. The number of hydrogen-bond donors (Lipinski definition) is 1. The van der Waals surface area contributed by atoms with Gasteiger partial charge in [-0.3, -0.25) is 14.5 Å². The minimum absolute atomic E-state index is 0.0722. The van der Waals surface area contributed by atoms with Crippen LogP contribution in [0.2, 0.25) is 0 Å². The Hall–Kier alpha value is -1.65. The standard InChI is InChI=1S/C11H15N3O2/c1-11(2)5-9(15)14(10(11)16)4-3-8-6-12-7-13-8/h6-7H,3-5H2,1-2H3,(H,12,13). The number of aromatic amines is 1. The van der Waals surface area contributed by atoms with E-state index in [1.54, 1.807) is 12.5 Å². The van der Waals surface area contributed by atoms with Crippen molar-refractivity contribution < 1.29 is 9.59 Å². The third kappa shape index (κ3) is 1.85. The molecule has 0 atom stereocenters. The smallest absolute Gasteiger partial charge is 0.235 e. The highest BCUT2D eigenvalue weighted by molar-refractivity contribution is 6.05. The topological polar surface area (TPSA) is 66.1 Å². The van der Waals surface area contributed by atoms with E-state index in [1.165, 1.54) is 4.90 Å². The van der Waals surface area contributed by atoms with Crippen molar-refractivity contribution in [2.45, 2.75) is 26.7 Å². The maximum absolute atomic E-state index is 11.9. The first-order valence-corrected chi connectivity index (χ1v) is 5.33. The molecule has 0 aliphatic carbocycles. The summed E-state index contributed by atoms with van der Waals surface area (Å²) in [6.45, 7) is 4.05. The molecule has 0 spiro atoms. The van der Waals surface area contributed by atoms with E-state index in [-0.39, 0.29) is 11.8 Å². The van der Waals surface area contributed by atoms with Gasteiger partial charge < -0.3 is 4.98 Å². The third-order valence-electron chi connectivity index (χ3n) is 2.88. The number of amides is 2. The van der Waals surface area contributed by atoms with Crippen molar-refractivity contribution in [1.82, 2.24) is 14.9 Å². The van der Waals surface area contributed by atoms with Crippen molar-refractivity contribution in [3.05, 3.63) is 18.2 Å². The minimum atomic E-state index is -0.537. The number of nitrogens with zero attached hydrogens (tertiary/aromatic N) is 2. The van der Waals surface area contributed by atoms with E-state index in [0.29, 0.717) is 19.4 Å². The molecular weight excluding hydrogens is 206 g/mol. The molecule has 0 radical (unpaired) electrons. The molecule has 0 bridgehead atoms. The first-order chi connectivity index (χ1) is 7.50. The lowest BCUT2D eigenvalue weighted by atomic mass is 9.92. The molecule has 16 heavy (non-hydrogen) atoms. The molecule has 1 aromatic rings. The van der Waals surface area contributed by atoms with E-state index >= 15 is 0 Å². The quantitative estimate of drug-likeness (QED) is 0.765. The van der Waals surface area contributed by atoms with Gasteiger partial charge >= 0.3 is 0 Å². The molecule has 1 aromatic heterocycles. The lowest BCUT2D eigenvalue weighted by molar-refractivity contribution is -0.140. The van der Waals surface area contributed by atoms with Gasteiger partial charge in [0, 0.05) is 31.3 Å². The molecule has 2 rings (SSSR count). The van der Waals surface area contributed by atoms with E-state index in [4.69, 9.17) is 0 Å². The second-order valence-electron chi connectivity index (χ2n) is 4.74. The molecule has 1 saturated heterocycles. The Morgan fingerprint density at radius 3 is 2.75 bits per heavy atom. The lowest BCUT2D eigenvalue weighted by Gasteiger charge is -2.17. The average Bonchev–Trinajstić information content (AvgIpc) is 2.74. The molecule has 1 fully saturated rings. The summed E-state index contributed by atoms with van der Waals surface area (Å²) < 4.78 is 0. The van der Waals surface area contributed by atoms with Crippen LogP contribution in [0.25, 0.3) is 0 Å². The molecule has 5 heteroatoms. The molecular formula is C11H15N3O2. The van der Waals surface area contributed by atoms with E-state index in [9.17, 15) is 9.59 Å². The molecule has 5 nitrogen and oxygen atoms in total. The Balaban J connectivity index is 2.00. The molecule has 86 valence electrons. The fourth-order valence-corrected chi connectivity index (χ4v) is 1.91. The van der Waals surface area contributed by atoms with Crippen LogP contribution in [0.3, 0.4) is 0 Å². The van der Waals surface area contributed by atoms with Crippen molar-refractivity contribution in [2.75, 3.05) is 6.54 Å². The SMILES string of the molecule is CC1(C)CC(=O)N(CCc2cnc[nH]2)C1=O. The van der Waals surface area contributed by atoms with Gasteiger partial charge in [0.2, 0.25) is 11.8 Å². The van der Waals surface area contributed by atoms with Gasteiger partial charge in [-0.15, -0.1) is 0 Å². The van der Waals surface area contributed by atoms with E-state index in [1.807, 2.05) is 13.8 Å². The summed E-state index contributed by atoms with van der Waals surface area (Å²) in [6, 6.07) is 0. The molecule has 2 heterocycles. The van der Waals surface area contributed by atoms with Crippen LogP contribution in [0.5, 0.6) is 0 Å². The van der Waals surface area contributed by atoms with E-state index in [0.717, 1.165) is 5.69 Å². The molecule has 0 aromatic carbocycles. The highest BCUT2D eigenvalue weighted by Crippen LogP contribution is 2.31. The Kier molecular flexibility index (Phi) is 2.53. The van der Waals surface area contributed by atoms with Gasteiger partial charge in [0.1, 0.15) is 0 Å². The van der Waals surface area contributed by atoms with Crippen molar-refractivity contribution in [2.24, 2.45) is 5.41 Å². The summed E-state index contributed by atoms with van der Waals surface area (Å²) in [7, 11) is 0. The monoisotopic (exact) mass is 221 g/mol. The Morgan fingerprint density at radius 1 is 1.50 bits per heavy atom. The van der Waals surface area contributed by atoms with Crippen molar-refractivity contribution in [3.8, 4) is 0 Å². The predicted molar refractivity (Wildman–Crippen MR) is 57.4 cm³/mol. The number of aromatic nitrogens is 2. The second kappa shape index (κ2) is 3.73. The summed E-state index contributed by atoms with van der Waals surface area (Å²) in [6.07, 6.45) is 4.24. The van der Waals surface area contributed by atoms with Crippen molar-refractivity contribution in [1.29, 1.82) is 0 Å². The summed E-state index contributed by atoms with van der Waals surface area (Å²) >= 11 is 0. The van der Waals surface area contributed by atoms with Gasteiger partial charge in [-0.25, -0.2) is 4.98 Å². The highest BCUT2D eigenvalue weighted by Gasteiger charge is 2.44. The van der Waals surface area contributed by atoms with Crippen LogP contribution >= 0.6 is 0 Å². The maximum atomic E-state index is 11.9. The number of rotatable bonds is 3. The van der Waals surface area contributed by atoms with Crippen LogP contribution in [0.15, 0.2) is 12.5 Å². The Labute approximate surface area is 93.9 Å². The molecule has 2 amide bonds. The highest BCUT2D eigenvalue weighted by atomic mass is 16.2. The number of imidazole rings is 1. The zero-order valence-electron chi connectivity index (χ0n) is 9.49. The fourth-order valence-electron chi connectivity index (χ4n) is 1.91. The molecule has 1 aliphatic rings. The minimum Gasteiger partial charge on any atom is -0.348 e. The van der Waals surface area contributed by atoms with E-state index in [2.05, 4.69) is 9.97 Å². The summed E-state index contributed by atoms with van der Waals surface area (Å²) in [5, 5.41) is 0. The van der Waals surface area contributed by atoms with Crippen molar-refractivity contribution in [3.63, 3.8) is 0 Å². The van der Waals surface area contributed by atoms with Crippen LogP contribution in [-0.2, 0) is 16.0 Å². The molecule has 1 N–H and O–H groups in total. The van der Waals surface area contributed by atoms with Crippen LogP contribution in [0.4, 0.5) is 0 Å². The predicted octanol–water partition coefficient (Wildman–Crippen LogP) is 0.737. The normalized spacial score (nSPS) is 19.5. The zero-order valence-corrected chi connectivity index (χ0v) is 9.49. The van der Waals surface area contributed by atoms with Crippen LogP contribution in [-0.4, -0.2) is 33.2 Å². The maximum Gasteiger partial charge on any atom is 0.235 e. The van der Waals surface area contributed by atoms with Gasteiger partial charge in [0.25, 0.3) is 0 Å². The summed E-state index contributed by atoms with van der Waals surface area (Å²) in [5.74, 6) is -0.147. The van der Waals surface area contributed by atoms with Crippen LogP contribution in [0.1, 0.15) is 26.0 Å². The Morgan fingerprint density at radius 2 is 2.25 bits per heavy atom. The van der Waals surface area contributed by atoms with Crippen molar-refractivity contribution >= 4 is 11.8 Å². The number of carbonyl (C=O) groups excluding carboxylic acids is 2. The molecule has 0 saturated carbocycles. The third-order valence-corrected chi connectivity index (χ3v) is 2.88. The average molecular weight is 221 g/mol. The number of carbonyl (C=O) groups is 2. The zero-order chi connectivity index (χ0) is 11.8. The van der Waals surface area contributed by atoms with Gasteiger partial charge in [-0.1, -0.05) is 13.8 Å². The fraction of sp³-hybridized carbons (Fsp3) is 0.545. The van der Waals surface area contributed by atoms with Gasteiger partial charge in [-0.2, -0.15) is 0 Å². The largest absolute Gasteiger partial charge is 0.348 e. The first-order valence-electron chi connectivity index (χ1n) is 5.33. The number of H-pyrrole nitrogens is 1.